The number of para-hydroxylation sites is 1. The number of nitro benzene ring substituents is 1. The van der Waals surface area contributed by atoms with Gasteiger partial charge in [-0.05, 0) is 6.42 Å². The molecular formula is C12H16ClN3O3. The molecule has 6 nitrogen and oxygen atoms in total. The summed E-state index contributed by atoms with van der Waals surface area (Å²) in [7, 11) is 0. The zero-order valence-electron chi connectivity index (χ0n) is 10.3. The zero-order chi connectivity index (χ0) is 13.1. The number of nitrogens with zero attached hydrogens (tertiary/aromatic N) is 2. The molecule has 0 aromatic heterocycles. The lowest BCUT2D eigenvalue weighted by molar-refractivity contribution is -0.385. The maximum Gasteiger partial charge on any atom is 0.273 e. The van der Waals surface area contributed by atoms with Crippen LogP contribution in [0.4, 0.5) is 5.69 Å². The van der Waals surface area contributed by atoms with Gasteiger partial charge in [-0.15, -0.1) is 12.4 Å². The van der Waals surface area contributed by atoms with Crippen molar-refractivity contribution >= 4 is 24.0 Å². The molecule has 0 unspecified atom stereocenters. The topological polar surface area (TPSA) is 89.5 Å². The molecule has 0 radical (unpaired) electrons. The molecule has 0 spiro atoms. The molecule has 1 aliphatic heterocycles. The summed E-state index contributed by atoms with van der Waals surface area (Å²) < 4.78 is 0. The summed E-state index contributed by atoms with van der Waals surface area (Å²) in [4.78, 5) is 24.0. The lowest BCUT2D eigenvalue weighted by Gasteiger charge is -2.15. The molecule has 1 fully saturated rings. The van der Waals surface area contributed by atoms with Crippen molar-refractivity contribution in [3.8, 4) is 0 Å². The van der Waals surface area contributed by atoms with E-state index >= 15 is 0 Å². The van der Waals surface area contributed by atoms with Crippen LogP contribution in [0.15, 0.2) is 24.3 Å². The smallest absolute Gasteiger partial charge is 0.273 e. The van der Waals surface area contributed by atoms with E-state index in [9.17, 15) is 14.9 Å². The first-order chi connectivity index (χ1) is 8.58. The number of hydrogen-bond donors (Lipinski definition) is 1. The van der Waals surface area contributed by atoms with Gasteiger partial charge in [0.2, 0.25) is 5.91 Å². The lowest BCUT2D eigenvalue weighted by Crippen LogP contribution is -2.33. The van der Waals surface area contributed by atoms with Gasteiger partial charge in [0.05, 0.1) is 11.3 Å². The fraction of sp³-hybridized carbons (Fsp3) is 0.417. The maximum atomic E-state index is 12.0. The maximum absolute atomic E-state index is 12.0. The third-order valence-corrected chi connectivity index (χ3v) is 3.11. The van der Waals surface area contributed by atoms with Crippen LogP contribution < -0.4 is 5.73 Å². The minimum Gasteiger partial charge on any atom is -0.341 e. The van der Waals surface area contributed by atoms with Gasteiger partial charge in [-0.2, -0.15) is 0 Å². The standard InChI is InChI=1S/C12H15N3O3.ClH/c13-10-5-6-14(8-10)12(16)7-9-3-1-2-4-11(9)15(17)18;/h1-4,10H,5-8,13H2;1H/t10-;/m1./s1. The van der Waals surface area contributed by atoms with E-state index < -0.39 is 4.92 Å². The first-order valence-corrected chi connectivity index (χ1v) is 5.83. The Balaban J connectivity index is 0.00000180. The molecular weight excluding hydrogens is 270 g/mol. The summed E-state index contributed by atoms with van der Waals surface area (Å²) in [5.41, 5.74) is 6.18. The Morgan fingerprint density at radius 1 is 1.47 bits per heavy atom. The molecule has 1 aliphatic rings. The van der Waals surface area contributed by atoms with Crippen molar-refractivity contribution < 1.29 is 9.72 Å². The van der Waals surface area contributed by atoms with Crippen molar-refractivity contribution in [1.82, 2.24) is 4.90 Å². The molecule has 1 amide bonds. The lowest BCUT2D eigenvalue weighted by atomic mass is 10.1. The highest BCUT2D eigenvalue weighted by molar-refractivity contribution is 5.85. The monoisotopic (exact) mass is 285 g/mol. The number of benzene rings is 1. The molecule has 1 saturated heterocycles. The number of halogens is 1. The molecule has 2 rings (SSSR count). The molecule has 1 aromatic rings. The number of likely N-dealkylation sites (tertiary alicyclic amines) is 1. The van der Waals surface area contributed by atoms with E-state index in [4.69, 9.17) is 5.73 Å². The molecule has 1 atom stereocenters. The second-order valence-corrected chi connectivity index (χ2v) is 4.45. The van der Waals surface area contributed by atoms with Crippen LogP contribution in [0.25, 0.3) is 0 Å². The van der Waals surface area contributed by atoms with Gasteiger partial charge in [0.25, 0.3) is 5.69 Å². The largest absolute Gasteiger partial charge is 0.341 e. The summed E-state index contributed by atoms with van der Waals surface area (Å²) in [6, 6.07) is 6.35. The predicted octanol–water partition coefficient (Wildman–Crippen LogP) is 1.12. The van der Waals surface area contributed by atoms with Gasteiger partial charge in [-0.3, -0.25) is 14.9 Å². The Morgan fingerprint density at radius 2 is 2.16 bits per heavy atom. The number of carbonyl (C=O) groups excluding carboxylic acids is 1. The summed E-state index contributed by atoms with van der Waals surface area (Å²) >= 11 is 0. The van der Waals surface area contributed by atoms with Crippen LogP contribution in [0.5, 0.6) is 0 Å². The first kappa shape index (κ1) is 15.4. The number of rotatable bonds is 3. The molecule has 0 aliphatic carbocycles. The minimum atomic E-state index is -0.460. The van der Waals surface area contributed by atoms with Crippen molar-refractivity contribution in [2.24, 2.45) is 5.73 Å². The van der Waals surface area contributed by atoms with E-state index in [2.05, 4.69) is 0 Å². The van der Waals surface area contributed by atoms with E-state index in [-0.39, 0.29) is 36.5 Å². The molecule has 2 N–H and O–H groups in total. The molecule has 104 valence electrons. The van der Waals surface area contributed by atoms with Crippen LogP contribution in [-0.2, 0) is 11.2 Å². The molecule has 0 bridgehead atoms. The quantitative estimate of drug-likeness (QED) is 0.665. The highest BCUT2D eigenvalue weighted by Gasteiger charge is 2.25. The van der Waals surface area contributed by atoms with E-state index in [0.29, 0.717) is 18.7 Å². The third kappa shape index (κ3) is 3.65. The summed E-state index contributed by atoms with van der Waals surface area (Å²) in [5, 5.41) is 10.8. The highest BCUT2D eigenvalue weighted by Crippen LogP contribution is 2.19. The second-order valence-electron chi connectivity index (χ2n) is 4.45. The van der Waals surface area contributed by atoms with Gasteiger partial charge in [0.15, 0.2) is 0 Å². The second kappa shape index (κ2) is 6.49. The molecule has 1 aromatic carbocycles. The van der Waals surface area contributed by atoms with E-state index in [1.165, 1.54) is 6.07 Å². The predicted molar refractivity (Wildman–Crippen MR) is 73.2 cm³/mol. The average molecular weight is 286 g/mol. The van der Waals surface area contributed by atoms with Gasteiger partial charge in [0.1, 0.15) is 0 Å². The van der Waals surface area contributed by atoms with Crippen LogP contribution in [0.3, 0.4) is 0 Å². The van der Waals surface area contributed by atoms with Gasteiger partial charge >= 0.3 is 0 Å². The molecule has 0 saturated carbocycles. The van der Waals surface area contributed by atoms with Crippen LogP contribution in [0, 0.1) is 10.1 Å². The summed E-state index contributed by atoms with van der Waals surface area (Å²) in [6.07, 6.45) is 0.854. The van der Waals surface area contributed by atoms with Gasteiger partial charge in [-0.1, -0.05) is 18.2 Å². The Bertz CT molecular complexity index is 481. The number of nitro groups is 1. The summed E-state index contributed by atoms with van der Waals surface area (Å²) in [5.74, 6) is -0.0998. The minimum absolute atomic E-state index is 0. The van der Waals surface area contributed by atoms with Crippen LogP contribution in [0.1, 0.15) is 12.0 Å². The molecule has 19 heavy (non-hydrogen) atoms. The van der Waals surface area contributed by atoms with E-state index in [1.807, 2.05) is 0 Å². The number of hydrogen-bond acceptors (Lipinski definition) is 4. The Labute approximate surface area is 117 Å². The third-order valence-electron chi connectivity index (χ3n) is 3.11. The van der Waals surface area contributed by atoms with Gasteiger partial charge in [0, 0.05) is 30.8 Å². The Hall–Kier alpha value is -1.66. The van der Waals surface area contributed by atoms with Crippen LogP contribution in [0.2, 0.25) is 0 Å². The van der Waals surface area contributed by atoms with Crippen molar-refractivity contribution in [2.75, 3.05) is 13.1 Å². The first-order valence-electron chi connectivity index (χ1n) is 5.83. The Kier molecular flexibility index (Phi) is 5.26. The van der Waals surface area contributed by atoms with Crippen LogP contribution in [-0.4, -0.2) is 34.9 Å². The van der Waals surface area contributed by atoms with Crippen molar-refractivity contribution in [3.63, 3.8) is 0 Å². The highest BCUT2D eigenvalue weighted by atomic mass is 35.5. The van der Waals surface area contributed by atoms with Crippen molar-refractivity contribution in [3.05, 3.63) is 39.9 Å². The van der Waals surface area contributed by atoms with Crippen molar-refractivity contribution in [1.29, 1.82) is 0 Å². The van der Waals surface area contributed by atoms with Gasteiger partial charge < -0.3 is 10.6 Å². The van der Waals surface area contributed by atoms with Crippen LogP contribution >= 0.6 is 12.4 Å². The average Bonchev–Trinajstić information content (AvgIpc) is 2.76. The molecule has 1 heterocycles. The van der Waals surface area contributed by atoms with E-state index in [0.717, 1.165) is 6.42 Å². The number of amides is 1. The summed E-state index contributed by atoms with van der Waals surface area (Å²) in [6.45, 7) is 1.18. The van der Waals surface area contributed by atoms with Crippen molar-refractivity contribution in [2.45, 2.75) is 18.9 Å². The fourth-order valence-electron chi connectivity index (χ4n) is 2.13. The number of nitrogens with two attached hydrogens (primary N) is 1. The Morgan fingerprint density at radius 3 is 2.74 bits per heavy atom. The zero-order valence-corrected chi connectivity index (χ0v) is 11.1. The fourth-order valence-corrected chi connectivity index (χ4v) is 2.13. The SMILES string of the molecule is Cl.N[C@@H]1CCN(C(=O)Cc2ccccc2[N+](=O)[O-])C1. The number of carbonyl (C=O) groups is 1. The van der Waals surface area contributed by atoms with E-state index in [1.54, 1.807) is 23.1 Å². The molecule has 7 heteroatoms. The normalized spacial score (nSPS) is 17.9. The van der Waals surface area contributed by atoms with Gasteiger partial charge in [-0.25, -0.2) is 0 Å².